The molecule has 0 aliphatic rings. The molecule has 0 aromatic carbocycles. The third kappa shape index (κ3) is 6.01. The fraction of sp³-hybridized carbons (Fsp3) is 0.727. The summed E-state index contributed by atoms with van der Waals surface area (Å²) in [5.74, 6) is 0.300. The Morgan fingerprint density at radius 1 is 1.29 bits per heavy atom. The highest BCUT2D eigenvalue weighted by Crippen LogP contribution is 2.06. The minimum absolute atomic E-state index is 0.127. The van der Waals surface area contributed by atoms with Gasteiger partial charge in [-0.05, 0) is 19.8 Å². The monoisotopic (exact) mass is 242 g/mol. The first-order valence-corrected chi connectivity index (χ1v) is 5.83. The molecule has 96 valence electrons. The second-order valence-electron chi connectivity index (χ2n) is 3.64. The third-order valence-electron chi connectivity index (χ3n) is 2.17. The zero-order valence-electron chi connectivity index (χ0n) is 10.0. The Morgan fingerprint density at radius 2 is 1.94 bits per heavy atom. The van der Waals surface area contributed by atoms with Crippen LogP contribution >= 0.6 is 0 Å². The molecule has 0 unspecified atom stereocenters. The summed E-state index contributed by atoms with van der Waals surface area (Å²) in [7, 11) is 0. The minimum atomic E-state index is -0.804. The molecule has 1 rings (SSSR count). The second-order valence-corrected chi connectivity index (χ2v) is 3.64. The molecule has 6 nitrogen and oxygen atoms in total. The molecular weight excluding hydrogens is 224 g/mol. The maximum Gasteiger partial charge on any atom is 0.303 e. The summed E-state index contributed by atoms with van der Waals surface area (Å²) in [5.41, 5.74) is 0. The SMILES string of the molecule is CCOCCCc1nnc(CCCC(=O)O)o1. The van der Waals surface area contributed by atoms with Crippen LogP contribution in [0.15, 0.2) is 4.42 Å². The number of carboxylic acid groups (broad SMARTS) is 1. The van der Waals surface area contributed by atoms with E-state index in [0.717, 1.165) is 6.42 Å². The zero-order valence-corrected chi connectivity index (χ0v) is 10.0. The molecule has 0 saturated carbocycles. The van der Waals surface area contributed by atoms with Crippen molar-refractivity contribution in [1.82, 2.24) is 10.2 Å². The largest absolute Gasteiger partial charge is 0.481 e. The molecule has 6 heteroatoms. The lowest BCUT2D eigenvalue weighted by atomic mass is 10.2. The Kier molecular flexibility index (Phi) is 6.24. The van der Waals surface area contributed by atoms with Gasteiger partial charge >= 0.3 is 5.97 Å². The third-order valence-corrected chi connectivity index (χ3v) is 2.17. The number of rotatable bonds is 9. The lowest BCUT2D eigenvalue weighted by Crippen LogP contribution is -1.96. The summed E-state index contributed by atoms with van der Waals surface area (Å²) in [6.45, 7) is 3.35. The lowest BCUT2D eigenvalue weighted by Gasteiger charge is -1.97. The zero-order chi connectivity index (χ0) is 12.5. The van der Waals surface area contributed by atoms with Crippen LogP contribution in [-0.4, -0.2) is 34.5 Å². The van der Waals surface area contributed by atoms with E-state index in [9.17, 15) is 4.79 Å². The highest BCUT2D eigenvalue weighted by molar-refractivity contribution is 5.66. The second kappa shape index (κ2) is 7.78. The molecule has 1 aromatic heterocycles. The van der Waals surface area contributed by atoms with Crippen molar-refractivity contribution in [3.05, 3.63) is 11.8 Å². The Bertz CT molecular complexity index is 338. The van der Waals surface area contributed by atoms with Crippen LogP contribution < -0.4 is 0 Å². The van der Waals surface area contributed by atoms with Gasteiger partial charge in [-0.2, -0.15) is 0 Å². The van der Waals surface area contributed by atoms with E-state index in [1.54, 1.807) is 0 Å². The maximum absolute atomic E-state index is 10.3. The lowest BCUT2D eigenvalue weighted by molar-refractivity contribution is -0.137. The number of aromatic nitrogens is 2. The van der Waals surface area contributed by atoms with Crippen molar-refractivity contribution in [1.29, 1.82) is 0 Å². The molecule has 0 atom stereocenters. The van der Waals surface area contributed by atoms with E-state index in [4.69, 9.17) is 14.3 Å². The first-order chi connectivity index (χ1) is 8.22. The molecule has 1 N–H and O–H groups in total. The standard InChI is InChI=1S/C11H18N2O4/c1-2-16-8-4-6-10-13-12-9(17-10)5-3-7-11(14)15/h2-8H2,1H3,(H,14,15). The van der Waals surface area contributed by atoms with Crippen molar-refractivity contribution < 1.29 is 19.1 Å². The van der Waals surface area contributed by atoms with E-state index >= 15 is 0 Å². The smallest absolute Gasteiger partial charge is 0.303 e. The van der Waals surface area contributed by atoms with Gasteiger partial charge in [0.15, 0.2) is 0 Å². The molecule has 17 heavy (non-hydrogen) atoms. The number of nitrogens with zero attached hydrogens (tertiary/aromatic N) is 2. The molecule has 0 bridgehead atoms. The van der Waals surface area contributed by atoms with Crippen LogP contribution in [-0.2, 0) is 22.4 Å². The van der Waals surface area contributed by atoms with Gasteiger partial charge < -0.3 is 14.3 Å². The Morgan fingerprint density at radius 3 is 2.53 bits per heavy atom. The van der Waals surface area contributed by atoms with Gasteiger partial charge in [0, 0.05) is 32.5 Å². The average molecular weight is 242 g/mol. The van der Waals surface area contributed by atoms with Crippen LogP contribution in [0.2, 0.25) is 0 Å². The number of ether oxygens (including phenoxy) is 1. The fourth-order valence-electron chi connectivity index (χ4n) is 1.35. The molecule has 0 amide bonds. The van der Waals surface area contributed by atoms with Crippen molar-refractivity contribution in [2.24, 2.45) is 0 Å². The van der Waals surface area contributed by atoms with E-state index in [1.165, 1.54) is 0 Å². The van der Waals surface area contributed by atoms with Crippen LogP contribution in [0.1, 0.15) is 38.0 Å². The van der Waals surface area contributed by atoms with Crippen LogP contribution in [0.5, 0.6) is 0 Å². The summed E-state index contributed by atoms with van der Waals surface area (Å²) >= 11 is 0. The quantitative estimate of drug-likeness (QED) is 0.659. The first kappa shape index (κ1) is 13.6. The van der Waals surface area contributed by atoms with Crippen LogP contribution in [0, 0.1) is 0 Å². The average Bonchev–Trinajstić information content (AvgIpc) is 2.72. The molecule has 0 spiro atoms. The summed E-state index contributed by atoms with van der Waals surface area (Å²) in [6, 6.07) is 0. The fourth-order valence-corrected chi connectivity index (χ4v) is 1.35. The van der Waals surface area contributed by atoms with Crippen LogP contribution in [0.3, 0.4) is 0 Å². The predicted molar refractivity (Wildman–Crippen MR) is 59.7 cm³/mol. The van der Waals surface area contributed by atoms with Gasteiger partial charge in [-0.25, -0.2) is 0 Å². The molecule has 1 aromatic rings. The molecule has 0 saturated heterocycles. The topological polar surface area (TPSA) is 85.5 Å². The van der Waals surface area contributed by atoms with Crippen LogP contribution in [0.25, 0.3) is 0 Å². The highest BCUT2D eigenvalue weighted by Gasteiger charge is 2.06. The van der Waals surface area contributed by atoms with Gasteiger partial charge in [0.25, 0.3) is 0 Å². The molecule has 0 aliphatic carbocycles. The molecule has 0 radical (unpaired) electrons. The van der Waals surface area contributed by atoms with Gasteiger partial charge in [-0.15, -0.1) is 10.2 Å². The van der Waals surface area contributed by atoms with Gasteiger partial charge in [0.2, 0.25) is 11.8 Å². The number of hydrogen-bond donors (Lipinski definition) is 1. The van der Waals surface area contributed by atoms with E-state index < -0.39 is 5.97 Å². The molecular formula is C11H18N2O4. The normalized spacial score (nSPS) is 10.6. The van der Waals surface area contributed by atoms with Gasteiger partial charge in [-0.1, -0.05) is 0 Å². The minimum Gasteiger partial charge on any atom is -0.481 e. The number of carbonyl (C=O) groups is 1. The molecule has 0 fully saturated rings. The summed E-state index contributed by atoms with van der Waals surface area (Å²) in [5, 5.41) is 16.2. The Balaban J connectivity index is 2.20. The van der Waals surface area contributed by atoms with Gasteiger partial charge in [0.05, 0.1) is 0 Å². The van der Waals surface area contributed by atoms with E-state index in [-0.39, 0.29) is 6.42 Å². The predicted octanol–water partition coefficient (Wildman–Crippen LogP) is 1.45. The highest BCUT2D eigenvalue weighted by atomic mass is 16.5. The Labute approximate surface area is 100.0 Å². The van der Waals surface area contributed by atoms with Gasteiger partial charge in [-0.3, -0.25) is 4.79 Å². The van der Waals surface area contributed by atoms with Crippen molar-refractivity contribution in [3.63, 3.8) is 0 Å². The van der Waals surface area contributed by atoms with Crippen molar-refractivity contribution >= 4 is 5.97 Å². The van der Waals surface area contributed by atoms with Crippen molar-refractivity contribution in [3.8, 4) is 0 Å². The number of aryl methyl sites for hydroxylation is 2. The van der Waals surface area contributed by atoms with Gasteiger partial charge in [0.1, 0.15) is 0 Å². The van der Waals surface area contributed by atoms with E-state index in [1.807, 2.05) is 6.92 Å². The maximum atomic E-state index is 10.3. The summed E-state index contributed by atoms with van der Waals surface area (Å²) in [6.07, 6.45) is 2.72. The molecule has 1 heterocycles. The number of hydrogen-bond acceptors (Lipinski definition) is 5. The Hall–Kier alpha value is -1.43. The number of carboxylic acids is 1. The van der Waals surface area contributed by atoms with E-state index in [0.29, 0.717) is 44.3 Å². The van der Waals surface area contributed by atoms with Crippen molar-refractivity contribution in [2.45, 2.75) is 39.0 Å². The summed E-state index contributed by atoms with van der Waals surface area (Å²) < 4.78 is 10.6. The van der Waals surface area contributed by atoms with Crippen LogP contribution in [0.4, 0.5) is 0 Å². The summed E-state index contributed by atoms with van der Waals surface area (Å²) in [4.78, 5) is 10.3. The van der Waals surface area contributed by atoms with Crippen molar-refractivity contribution in [2.75, 3.05) is 13.2 Å². The first-order valence-electron chi connectivity index (χ1n) is 5.83. The van der Waals surface area contributed by atoms with E-state index in [2.05, 4.69) is 10.2 Å². The molecule has 0 aliphatic heterocycles. The number of aliphatic carboxylic acids is 1.